The van der Waals surface area contributed by atoms with Gasteiger partial charge in [-0.2, -0.15) is 0 Å². The Balaban J connectivity index is 1.50. The van der Waals surface area contributed by atoms with Gasteiger partial charge < -0.3 is 20.8 Å². The van der Waals surface area contributed by atoms with Crippen LogP contribution in [0.3, 0.4) is 0 Å². The largest absolute Gasteiger partial charge is 0.507 e. The van der Waals surface area contributed by atoms with Crippen LogP contribution in [-0.4, -0.2) is 88.9 Å². The molecule has 10 heteroatoms. The number of aliphatic hydroxyl groups is 1. The normalized spacial score (nSPS) is 28.3. The van der Waals surface area contributed by atoms with Crippen LogP contribution >= 0.6 is 0 Å². The van der Waals surface area contributed by atoms with E-state index in [-0.39, 0.29) is 24.2 Å². The minimum Gasteiger partial charge on any atom is -0.507 e. The number of rotatable bonds is 5. The average Bonchev–Trinajstić information content (AvgIpc) is 2.95. The van der Waals surface area contributed by atoms with Gasteiger partial charge in [0.25, 0.3) is 0 Å². The Kier molecular flexibility index (Phi) is 7.07. The van der Waals surface area contributed by atoms with Crippen LogP contribution in [0.15, 0.2) is 48.5 Å². The number of fused-ring (bicyclic) bond motifs is 4. The number of likely N-dealkylation sites (N-methyl/N-ethyl adjacent to an activating group) is 1. The molecule has 6 rings (SSSR count). The highest BCUT2D eigenvalue weighted by molar-refractivity contribution is 6.32. The van der Waals surface area contributed by atoms with Crippen LogP contribution in [0.4, 0.5) is 0 Å². The summed E-state index contributed by atoms with van der Waals surface area (Å²) in [7, 11) is 7.12. The van der Waals surface area contributed by atoms with Crippen LogP contribution in [0, 0.1) is 23.7 Å². The van der Waals surface area contributed by atoms with E-state index in [4.69, 9.17) is 5.73 Å². The summed E-state index contributed by atoms with van der Waals surface area (Å²) in [6.45, 7) is 0.726. The lowest BCUT2D eigenvalue weighted by Gasteiger charge is -2.52. The van der Waals surface area contributed by atoms with Crippen molar-refractivity contribution in [3.8, 4) is 16.9 Å². The predicted octanol–water partition coefficient (Wildman–Crippen LogP) is 1.75. The molecular weight excluding hydrogens is 562 g/mol. The number of ketones is 4. The summed E-state index contributed by atoms with van der Waals surface area (Å²) in [6, 6.07) is 14.1. The first-order chi connectivity index (χ1) is 20.8. The molecule has 0 spiro atoms. The molecule has 0 aliphatic heterocycles. The van der Waals surface area contributed by atoms with Gasteiger partial charge in [-0.25, -0.2) is 0 Å². The molecule has 228 valence electrons. The summed E-state index contributed by atoms with van der Waals surface area (Å²) < 4.78 is 0. The van der Waals surface area contributed by atoms with E-state index in [0.29, 0.717) is 5.56 Å². The third-order valence-corrected chi connectivity index (χ3v) is 9.74. The minimum absolute atomic E-state index is 0.00150. The zero-order valence-electron chi connectivity index (χ0n) is 25.0. The lowest BCUT2D eigenvalue weighted by molar-refractivity contribution is -0.181. The van der Waals surface area contributed by atoms with Crippen molar-refractivity contribution in [2.24, 2.45) is 29.4 Å². The van der Waals surface area contributed by atoms with E-state index >= 15 is 0 Å². The van der Waals surface area contributed by atoms with Crippen LogP contribution < -0.4 is 5.73 Å². The molecule has 0 bridgehead atoms. The van der Waals surface area contributed by atoms with Gasteiger partial charge in [-0.3, -0.25) is 28.9 Å². The molecule has 44 heavy (non-hydrogen) atoms. The third kappa shape index (κ3) is 4.16. The third-order valence-electron chi connectivity index (χ3n) is 9.74. The van der Waals surface area contributed by atoms with Gasteiger partial charge in [0.2, 0.25) is 5.91 Å². The van der Waals surface area contributed by atoms with Gasteiger partial charge in [0.15, 0.2) is 34.7 Å². The molecule has 3 aromatic rings. The Labute approximate surface area is 254 Å². The van der Waals surface area contributed by atoms with Gasteiger partial charge in [-0.05, 0) is 86.0 Å². The van der Waals surface area contributed by atoms with Crippen LogP contribution in [-0.2, 0) is 32.1 Å². The predicted molar refractivity (Wildman–Crippen MR) is 162 cm³/mol. The van der Waals surface area contributed by atoms with E-state index in [1.807, 2.05) is 50.5 Å². The number of primary amides is 1. The van der Waals surface area contributed by atoms with Crippen molar-refractivity contribution < 1.29 is 34.2 Å². The number of carbonyl (C=O) groups is 5. The summed E-state index contributed by atoms with van der Waals surface area (Å²) in [6.07, 6.45) is 0.199. The first-order valence-corrected chi connectivity index (χ1v) is 14.6. The molecule has 2 saturated carbocycles. The molecule has 6 atom stereocenters. The van der Waals surface area contributed by atoms with Crippen LogP contribution in [0.5, 0.6) is 5.75 Å². The molecule has 4 N–H and O–H groups in total. The Morgan fingerprint density at radius 2 is 1.59 bits per heavy atom. The molecule has 10 nitrogen and oxygen atoms in total. The molecule has 2 unspecified atom stereocenters. The summed E-state index contributed by atoms with van der Waals surface area (Å²) in [5.41, 5.74) is 5.94. The van der Waals surface area contributed by atoms with E-state index in [2.05, 4.69) is 4.90 Å². The topological polar surface area (TPSA) is 158 Å². The van der Waals surface area contributed by atoms with E-state index in [9.17, 15) is 34.2 Å². The number of carbonyl (C=O) groups excluding carboxylic acids is 5. The molecular formula is C34H35N3O7. The smallest absolute Gasteiger partial charge is 0.235 e. The first kappa shape index (κ1) is 29.8. The SMILES string of the molecule is CN(C)Cc1ccc(-c2ccc(O)c3c2C[C@H]2C[C@H]4[C@@H](N(C)C)C(=O)C(C(N)=O)C(=O)[C@@]4(O)C(=O)C2C3=O)c2ccccc12. The molecule has 2 fully saturated rings. The van der Waals surface area contributed by atoms with Crippen molar-refractivity contribution in [1.29, 1.82) is 0 Å². The standard InChI is InChI=1S/C34H35N3O7/c1-36(2)15-16-9-10-20(19-8-6-5-7-18(16)19)21-11-12-24(38)26-22(21)13-17-14-23-28(37(3)4)30(40)27(33(35)43)32(42)34(23,44)31(41)25(17)29(26)39/h5-12,17,23,25,27-28,38,44H,13-15H2,1-4H3,(H2,35,43)/t17-,23-,25?,27?,28+,34-/m0/s1. The Morgan fingerprint density at radius 3 is 2.23 bits per heavy atom. The van der Waals surface area contributed by atoms with Gasteiger partial charge in [0.1, 0.15) is 5.75 Å². The molecule has 3 aliphatic carbocycles. The maximum Gasteiger partial charge on any atom is 0.235 e. The van der Waals surface area contributed by atoms with Gasteiger partial charge in [0, 0.05) is 12.5 Å². The number of aromatic hydroxyl groups is 1. The van der Waals surface area contributed by atoms with Gasteiger partial charge in [0.05, 0.1) is 17.5 Å². The monoisotopic (exact) mass is 597 g/mol. The first-order valence-electron chi connectivity index (χ1n) is 14.6. The number of phenolic OH excluding ortho intramolecular Hbond substituents is 1. The Hall–Kier alpha value is -4.25. The Morgan fingerprint density at radius 1 is 0.932 bits per heavy atom. The number of benzene rings is 3. The zero-order valence-corrected chi connectivity index (χ0v) is 25.0. The van der Waals surface area contributed by atoms with Crippen molar-refractivity contribution in [3.05, 3.63) is 65.2 Å². The van der Waals surface area contributed by atoms with Crippen molar-refractivity contribution in [1.82, 2.24) is 9.80 Å². The molecule has 3 aliphatic rings. The van der Waals surface area contributed by atoms with Crippen molar-refractivity contribution >= 4 is 39.8 Å². The quantitative estimate of drug-likeness (QED) is 0.373. The fraction of sp³-hybridized carbons (Fsp3) is 0.382. The van der Waals surface area contributed by atoms with E-state index in [1.165, 1.54) is 11.0 Å². The van der Waals surface area contributed by atoms with Crippen molar-refractivity contribution in [3.63, 3.8) is 0 Å². The highest BCUT2D eigenvalue weighted by Crippen LogP contribution is 2.52. The van der Waals surface area contributed by atoms with Crippen molar-refractivity contribution in [2.75, 3.05) is 28.2 Å². The van der Waals surface area contributed by atoms with E-state index < -0.39 is 64.4 Å². The maximum atomic E-state index is 14.1. The maximum absolute atomic E-state index is 14.1. The lowest BCUT2D eigenvalue weighted by Crippen LogP contribution is -2.74. The molecule has 0 radical (unpaired) electrons. The highest BCUT2D eigenvalue weighted by Gasteiger charge is 2.69. The molecule has 0 saturated heterocycles. The molecule has 1 amide bonds. The number of hydrogen-bond donors (Lipinski definition) is 3. The summed E-state index contributed by atoms with van der Waals surface area (Å²) in [4.78, 5) is 70.8. The fourth-order valence-electron chi connectivity index (χ4n) is 7.93. The zero-order chi connectivity index (χ0) is 31.8. The second kappa shape index (κ2) is 10.4. The Bertz CT molecular complexity index is 1780. The molecule has 0 aromatic heterocycles. The second-order valence-corrected chi connectivity index (χ2v) is 12.8. The number of nitrogens with two attached hydrogens (primary N) is 1. The van der Waals surface area contributed by atoms with E-state index in [1.54, 1.807) is 20.2 Å². The summed E-state index contributed by atoms with van der Waals surface area (Å²) in [5.74, 6) is -10.6. The van der Waals surface area contributed by atoms with Gasteiger partial charge in [-0.1, -0.05) is 42.5 Å². The number of amides is 1. The number of Topliss-reactive ketones (excluding diaryl/α,β-unsaturated/α-hetero) is 4. The summed E-state index contributed by atoms with van der Waals surface area (Å²) >= 11 is 0. The second-order valence-electron chi connectivity index (χ2n) is 12.8. The van der Waals surface area contributed by atoms with Crippen LogP contribution in [0.25, 0.3) is 21.9 Å². The van der Waals surface area contributed by atoms with Crippen LogP contribution in [0.2, 0.25) is 0 Å². The van der Waals surface area contributed by atoms with Crippen LogP contribution in [0.1, 0.15) is 27.9 Å². The van der Waals surface area contributed by atoms with Crippen molar-refractivity contribution in [2.45, 2.75) is 31.0 Å². The van der Waals surface area contributed by atoms with E-state index in [0.717, 1.165) is 34.0 Å². The summed E-state index contributed by atoms with van der Waals surface area (Å²) in [5, 5.41) is 24.8. The average molecular weight is 598 g/mol. The highest BCUT2D eigenvalue weighted by atomic mass is 16.3. The van der Waals surface area contributed by atoms with Gasteiger partial charge in [-0.15, -0.1) is 0 Å². The van der Waals surface area contributed by atoms with Gasteiger partial charge >= 0.3 is 0 Å². The fourth-order valence-corrected chi connectivity index (χ4v) is 7.93. The molecule has 3 aromatic carbocycles. The minimum atomic E-state index is -2.75. The lowest BCUT2D eigenvalue weighted by atomic mass is 9.52. The number of hydrogen-bond acceptors (Lipinski definition) is 9. The number of nitrogens with zero attached hydrogens (tertiary/aromatic N) is 2. The number of phenols is 1. The molecule has 0 heterocycles.